The Kier molecular flexibility index (Phi) is 4.59. The zero-order valence-electron chi connectivity index (χ0n) is 9.58. The molecule has 0 bridgehead atoms. The number of benzene rings is 1. The first kappa shape index (κ1) is 14.1. The quantitative estimate of drug-likeness (QED) is 0.832. The van der Waals surface area contributed by atoms with Crippen molar-refractivity contribution in [2.24, 2.45) is 0 Å². The third-order valence-electron chi connectivity index (χ3n) is 2.18. The van der Waals surface area contributed by atoms with Gasteiger partial charge in [-0.1, -0.05) is 6.92 Å². The van der Waals surface area contributed by atoms with Gasteiger partial charge in [-0.15, -0.1) is 11.8 Å². The molecule has 1 unspecified atom stereocenters. The maximum absolute atomic E-state index is 11.2. The summed E-state index contributed by atoms with van der Waals surface area (Å²) in [5, 5.41) is 8.40. The van der Waals surface area contributed by atoms with Crippen molar-refractivity contribution >= 4 is 27.6 Å². The van der Waals surface area contributed by atoms with E-state index in [0.29, 0.717) is 6.42 Å². The molecule has 94 valence electrons. The number of hydrogen-bond donors (Lipinski definition) is 1. The molecule has 0 radical (unpaired) electrons. The van der Waals surface area contributed by atoms with Crippen molar-refractivity contribution in [2.45, 2.75) is 28.4 Å². The molecule has 0 aliphatic carbocycles. The van der Waals surface area contributed by atoms with Crippen LogP contribution in [-0.4, -0.2) is 31.0 Å². The summed E-state index contributed by atoms with van der Waals surface area (Å²) in [5.74, 6) is -0.857. The number of rotatable bonds is 5. The van der Waals surface area contributed by atoms with Crippen molar-refractivity contribution in [1.82, 2.24) is 0 Å². The van der Waals surface area contributed by atoms with Gasteiger partial charge in [0.1, 0.15) is 5.25 Å². The van der Waals surface area contributed by atoms with Crippen molar-refractivity contribution in [1.29, 1.82) is 0 Å². The van der Waals surface area contributed by atoms with Crippen LogP contribution < -0.4 is 0 Å². The average molecular weight is 274 g/mol. The molecule has 0 heterocycles. The van der Waals surface area contributed by atoms with E-state index in [9.17, 15) is 13.2 Å². The maximum atomic E-state index is 11.2. The van der Waals surface area contributed by atoms with Gasteiger partial charge in [0.25, 0.3) is 0 Å². The number of aliphatic carboxylic acids is 1. The zero-order valence-corrected chi connectivity index (χ0v) is 11.2. The first-order chi connectivity index (χ1) is 7.84. The Morgan fingerprint density at radius 1 is 1.35 bits per heavy atom. The number of carbonyl (C=O) groups is 1. The number of sulfone groups is 1. The molecule has 0 aliphatic heterocycles. The molecule has 1 rings (SSSR count). The van der Waals surface area contributed by atoms with E-state index < -0.39 is 21.1 Å². The summed E-state index contributed by atoms with van der Waals surface area (Å²) in [5.41, 5.74) is 0. The van der Waals surface area contributed by atoms with Crippen LogP contribution in [0, 0.1) is 0 Å². The fourth-order valence-electron chi connectivity index (χ4n) is 1.24. The molecule has 1 aromatic carbocycles. The summed E-state index contributed by atoms with van der Waals surface area (Å²) in [4.78, 5) is 11.8. The van der Waals surface area contributed by atoms with Gasteiger partial charge < -0.3 is 5.11 Å². The van der Waals surface area contributed by atoms with Crippen LogP contribution in [0.5, 0.6) is 0 Å². The van der Waals surface area contributed by atoms with Gasteiger partial charge in [0.15, 0.2) is 9.84 Å². The van der Waals surface area contributed by atoms with E-state index in [-0.39, 0.29) is 4.90 Å². The number of hydrogen-bond acceptors (Lipinski definition) is 4. The lowest BCUT2D eigenvalue weighted by Gasteiger charge is -2.09. The third kappa shape index (κ3) is 4.05. The first-order valence-corrected chi connectivity index (χ1v) is 7.81. The highest BCUT2D eigenvalue weighted by Crippen LogP contribution is 2.26. The van der Waals surface area contributed by atoms with Gasteiger partial charge in [0.05, 0.1) is 4.90 Å². The molecule has 4 nitrogen and oxygen atoms in total. The van der Waals surface area contributed by atoms with Gasteiger partial charge in [-0.25, -0.2) is 8.42 Å². The van der Waals surface area contributed by atoms with Gasteiger partial charge in [0.2, 0.25) is 0 Å². The number of thioether (sulfide) groups is 1. The Balaban J connectivity index is 2.85. The molecule has 0 saturated heterocycles. The number of carboxylic acids is 1. The second kappa shape index (κ2) is 5.55. The largest absolute Gasteiger partial charge is 0.480 e. The molecule has 0 saturated carbocycles. The highest BCUT2D eigenvalue weighted by molar-refractivity contribution is 8.00. The second-order valence-corrected chi connectivity index (χ2v) is 6.89. The highest BCUT2D eigenvalue weighted by Gasteiger charge is 2.16. The van der Waals surface area contributed by atoms with Crippen LogP contribution in [0.3, 0.4) is 0 Å². The monoisotopic (exact) mass is 274 g/mol. The van der Waals surface area contributed by atoms with Crippen LogP contribution >= 0.6 is 11.8 Å². The second-order valence-electron chi connectivity index (χ2n) is 3.60. The first-order valence-electron chi connectivity index (χ1n) is 5.04. The van der Waals surface area contributed by atoms with Crippen molar-refractivity contribution in [3.05, 3.63) is 24.3 Å². The van der Waals surface area contributed by atoms with E-state index in [2.05, 4.69) is 0 Å². The SMILES string of the molecule is CCC(Sc1ccc(S(C)(=O)=O)cc1)C(=O)O. The van der Waals surface area contributed by atoms with Crippen molar-refractivity contribution in [3.8, 4) is 0 Å². The Morgan fingerprint density at radius 3 is 2.24 bits per heavy atom. The minimum absolute atomic E-state index is 0.241. The molecule has 1 aromatic rings. The maximum Gasteiger partial charge on any atom is 0.316 e. The standard InChI is InChI=1S/C11H14O4S2/c1-3-10(11(12)13)16-8-4-6-9(7-5-8)17(2,14)15/h4-7,10H,3H2,1-2H3,(H,12,13). The Bertz CT molecular complexity index is 491. The topological polar surface area (TPSA) is 71.4 Å². The Labute approximate surface area is 105 Å². The van der Waals surface area contributed by atoms with E-state index in [1.54, 1.807) is 19.1 Å². The molecular formula is C11H14O4S2. The van der Waals surface area contributed by atoms with Gasteiger partial charge >= 0.3 is 5.97 Å². The molecule has 1 N–H and O–H groups in total. The van der Waals surface area contributed by atoms with Crippen molar-refractivity contribution in [2.75, 3.05) is 6.26 Å². The molecule has 0 fully saturated rings. The zero-order chi connectivity index (χ0) is 13.1. The molecule has 6 heteroatoms. The third-order valence-corrected chi connectivity index (χ3v) is 4.67. The van der Waals surface area contributed by atoms with Crippen LogP contribution in [-0.2, 0) is 14.6 Å². The predicted molar refractivity (Wildman–Crippen MR) is 67.1 cm³/mol. The fourth-order valence-corrected chi connectivity index (χ4v) is 2.76. The van der Waals surface area contributed by atoms with Crippen LogP contribution in [0.1, 0.15) is 13.3 Å². The van der Waals surface area contributed by atoms with Gasteiger partial charge in [0, 0.05) is 11.2 Å². The summed E-state index contributed by atoms with van der Waals surface area (Å²) in [7, 11) is -3.20. The minimum Gasteiger partial charge on any atom is -0.480 e. The molecule has 0 aromatic heterocycles. The Morgan fingerprint density at radius 2 is 1.88 bits per heavy atom. The molecule has 17 heavy (non-hydrogen) atoms. The summed E-state index contributed by atoms with van der Waals surface area (Å²) < 4.78 is 22.5. The van der Waals surface area contributed by atoms with Crippen molar-refractivity contribution in [3.63, 3.8) is 0 Å². The number of carboxylic acid groups (broad SMARTS) is 1. The van der Waals surface area contributed by atoms with Gasteiger partial charge in [-0.2, -0.15) is 0 Å². The van der Waals surface area contributed by atoms with Crippen LogP contribution in [0.15, 0.2) is 34.1 Å². The fraction of sp³-hybridized carbons (Fsp3) is 0.364. The van der Waals surface area contributed by atoms with E-state index in [0.717, 1.165) is 11.2 Å². The minimum atomic E-state index is -3.20. The van der Waals surface area contributed by atoms with E-state index in [1.165, 1.54) is 23.9 Å². The average Bonchev–Trinajstić information content (AvgIpc) is 2.25. The lowest BCUT2D eigenvalue weighted by molar-refractivity contribution is -0.136. The normalized spacial score (nSPS) is 13.3. The molecule has 1 atom stereocenters. The molecule has 0 spiro atoms. The lowest BCUT2D eigenvalue weighted by atomic mass is 10.3. The van der Waals surface area contributed by atoms with E-state index in [4.69, 9.17) is 5.11 Å². The summed E-state index contributed by atoms with van der Waals surface area (Å²) in [6.45, 7) is 1.80. The molecule has 0 amide bonds. The highest BCUT2D eigenvalue weighted by atomic mass is 32.2. The summed E-state index contributed by atoms with van der Waals surface area (Å²) in [6, 6.07) is 6.25. The van der Waals surface area contributed by atoms with Crippen LogP contribution in [0.4, 0.5) is 0 Å². The van der Waals surface area contributed by atoms with Crippen molar-refractivity contribution < 1.29 is 18.3 Å². The Hall–Kier alpha value is -1.01. The van der Waals surface area contributed by atoms with E-state index in [1.807, 2.05) is 0 Å². The lowest BCUT2D eigenvalue weighted by Crippen LogP contribution is -2.14. The summed E-state index contributed by atoms with van der Waals surface area (Å²) in [6.07, 6.45) is 1.66. The van der Waals surface area contributed by atoms with Crippen LogP contribution in [0.25, 0.3) is 0 Å². The predicted octanol–water partition coefficient (Wildman–Crippen LogP) is 2.05. The van der Waals surface area contributed by atoms with Gasteiger partial charge in [-0.3, -0.25) is 4.79 Å². The van der Waals surface area contributed by atoms with E-state index >= 15 is 0 Å². The molecule has 0 aliphatic rings. The van der Waals surface area contributed by atoms with Gasteiger partial charge in [-0.05, 0) is 30.7 Å². The molecular weight excluding hydrogens is 260 g/mol. The van der Waals surface area contributed by atoms with Crippen LogP contribution in [0.2, 0.25) is 0 Å². The smallest absolute Gasteiger partial charge is 0.316 e. The summed E-state index contributed by atoms with van der Waals surface area (Å²) >= 11 is 1.22.